The summed E-state index contributed by atoms with van der Waals surface area (Å²) in [6.07, 6.45) is 0.848. The molecule has 6 rings (SSSR count). The Hall–Kier alpha value is -4.78. The van der Waals surface area contributed by atoms with Crippen molar-refractivity contribution in [1.82, 2.24) is 20.2 Å². The molecule has 2 heterocycles. The second kappa shape index (κ2) is 9.75. The van der Waals surface area contributed by atoms with Gasteiger partial charge in [-0.25, -0.2) is 9.37 Å². The highest BCUT2D eigenvalue weighted by Gasteiger charge is 2.22. The van der Waals surface area contributed by atoms with E-state index in [2.05, 4.69) is 45.6 Å². The van der Waals surface area contributed by atoms with Gasteiger partial charge in [0.2, 0.25) is 5.91 Å². The molecular formula is C33H30FN5O. The van der Waals surface area contributed by atoms with Crippen LogP contribution in [0.25, 0.3) is 55.7 Å². The van der Waals surface area contributed by atoms with Crippen molar-refractivity contribution in [2.24, 2.45) is 5.41 Å². The largest absolute Gasteiger partial charge is 0.337 e. The Balaban J connectivity index is 1.42. The average Bonchev–Trinajstić information content (AvgIpc) is 3.56. The maximum absolute atomic E-state index is 13.5. The van der Waals surface area contributed by atoms with Gasteiger partial charge in [0.15, 0.2) is 5.82 Å². The summed E-state index contributed by atoms with van der Waals surface area (Å²) in [5.74, 6) is 0.350. The third-order valence-corrected chi connectivity index (χ3v) is 7.13. The van der Waals surface area contributed by atoms with Gasteiger partial charge in [0.1, 0.15) is 11.5 Å². The SMILES string of the molecule is CCc1cc(NC(=O)C(C)(C)C)cc(-c2ccc3[nH]nc(-c4nc5c(-c6ccc(F)cc6)cccc5[nH]4)c3c2)c1. The van der Waals surface area contributed by atoms with Crippen LogP contribution in [0.3, 0.4) is 0 Å². The minimum atomic E-state index is -0.490. The van der Waals surface area contributed by atoms with E-state index in [1.165, 1.54) is 12.1 Å². The number of H-pyrrole nitrogens is 2. The van der Waals surface area contributed by atoms with E-state index in [9.17, 15) is 9.18 Å². The smallest absolute Gasteiger partial charge is 0.229 e. The number of halogens is 1. The molecule has 0 aliphatic carbocycles. The number of imidazole rings is 1. The van der Waals surface area contributed by atoms with E-state index in [-0.39, 0.29) is 11.7 Å². The van der Waals surface area contributed by atoms with Crippen molar-refractivity contribution in [2.45, 2.75) is 34.1 Å². The zero-order chi connectivity index (χ0) is 28.0. The zero-order valence-corrected chi connectivity index (χ0v) is 22.9. The topological polar surface area (TPSA) is 86.5 Å². The molecule has 0 aliphatic heterocycles. The third-order valence-electron chi connectivity index (χ3n) is 7.13. The third kappa shape index (κ3) is 4.75. The van der Waals surface area contributed by atoms with Gasteiger partial charge in [-0.2, -0.15) is 5.10 Å². The lowest BCUT2D eigenvalue weighted by molar-refractivity contribution is -0.123. The number of fused-ring (bicyclic) bond motifs is 2. The molecule has 0 radical (unpaired) electrons. The van der Waals surface area contributed by atoms with E-state index >= 15 is 0 Å². The number of carbonyl (C=O) groups is 1. The summed E-state index contributed by atoms with van der Waals surface area (Å²) >= 11 is 0. The Labute approximate surface area is 231 Å². The number of aryl methyl sites for hydroxylation is 1. The van der Waals surface area contributed by atoms with Gasteiger partial charge in [-0.05, 0) is 71.1 Å². The molecule has 1 amide bonds. The van der Waals surface area contributed by atoms with E-state index in [1.54, 1.807) is 12.1 Å². The number of aromatic amines is 2. The van der Waals surface area contributed by atoms with Crippen molar-refractivity contribution in [2.75, 3.05) is 5.32 Å². The van der Waals surface area contributed by atoms with E-state index < -0.39 is 5.41 Å². The first kappa shape index (κ1) is 25.5. The van der Waals surface area contributed by atoms with Crippen molar-refractivity contribution in [1.29, 1.82) is 0 Å². The number of hydrogen-bond donors (Lipinski definition) is 3. The van der Waals surface area contributed by atoms with Crippen molar-refractivity contribution in [3.63, 3.8) is 0 Å². The second-order valence-electron chi connectivity index (χ2n) is 11.1. The first-order valence-corrected chi connectivity index (χ1v) is 13.4. The van der Waals surface area contributed by atoms with Crippen LogP contribution in [-0.2, 0) is 11.2 Å². The standard InChI is InChI=1S/C33H30FN5O/c1-5-19-15-22(17-24(16-19)35-32(40)33(2,3)4)21-11-14-27-26(18-21)30(39-38-27)31-36-28-8-6-7-25(29(28)37-31)20-9-12-23(34)13-10-20/h6-18H,5H2,1-4H3,(H,35,40)(H,36,37)(H,38,39). The molecule has 0 unspecified atom stereocenters. The molecule has 0 fully saturated rings. The van der Waals surface area contributed by atoms with E-state index in [4.69, 9.17) is 4.98 Å². The van der Waals surface area contributed by atoms with Gasteiger partial charge >= 0.3 is 0 Å². The number of hydrogen-bond acceptors (Lipinski definition) is 3. The van der Waals surface area contributed by atoms with Gasteiger partial charge in [-0.3, -0.25) is 9.89 Å². The van der Waals surface area contributed by atoms with Gasteiger partial charge < -0.3 is 10.3 Å². The minimum Gasteiger partial charge on any atom is -0.337 e. The lowest BCUT2D eigenvalue weighted by Crippen LogP contribution is -2.27. The predicted octanol–water partition coefficient (Wildman–Crippen LogP) is 8.13. The Morgan fingerprint density at radius 3 is 2.42 bits per heavy atom. The molecule has 6 aromatic rings. The van der Waals surface area contributed by atoms with Gasteiger partial charge in [-0.1, -0.05) is 64.1 Å². The van der Waals surface area contributed by atoms with Crippen LogP contribution in [0, 0.1) is 11.2 Å². The van der Waals surface area contributed by atoms with Crippen LogP contribution < -0.4 is 5.32 Å². The number of carbonyl (C=O) groups excluding carboxylic acids is 1. The van der Waals surface area contributed by atoms with Crippen molar-refractivity contribution >= 4 is 33.5 Å². The molecule has 40 heavy (non-hydrogen) atoms. The van der Waals surface area contributed by atoms with Crippen LogP contribution in [0.5, 0.6) is 0 Å². The molecule has 0 aliphatic rings. The lowest BCUT2D eigenvalue weighted by atomic mass is 9.95. The molecule has 4 aromatic carbocycles. The maximum atomic E-state index is 13.5. The number of rotatable bonds is 5. The molecule has 0 bridgehead atoms. The fourth-order valence-corrected chi connectivity index (χ4v) is 4.83. The summed E-state index contributed by atoms with van der Waals surface area (Å²) in [6.45, 7) is 7.82. The van der Waals surface area contributed by atoms with Crippen LogP contribution in [0.4, 0.5) is 10.1 Å². The Morgan fingerprint density at radius 2 is 1.68 bits per heavy atom. The molecule has 0 saturated heterocycles. The maximum Gasteiger partial charge on any atom is 0.229 e. The highest BCUT2D eigenvalue weighted by Crippen LogP contribution is 2.34. The molecule has 0 saturated carbocycles. The molecule has 200 valence electrons. The van der Waals surface area contributed by atoms with Crippen LogP contribution in [0.1, 0.15) is 33.3 Å². The van der Waals surface area contributed by atoms with Gasteiger partial charge in [0, 0.05) is 22.1 Å². The zero-order valence-electron chi connectivity index (χ0n) is 22.9. The predicted molar refractivity (Wildman–Crippen MR) is 159 cm³/mol. The molecule has 2 aromatic heterocycles. The fourth-order valence-electron chi connectivity index (χ4n) is 4.83. The first-order valence-electron chi connectivity index (χ1n) is 13.4. The lowest BCUT2D eigenvalue weighted by Gasteiger charge is -2.18. The summed E-state index contributed by atoms with van der Waals surface area (Å²) in [5, 5.41) is 11.7. The fraction of sp³-hybridized carbons (Fsp3) is 0.182. The Bertz CT molecular complexity index is 1880. The van der Waals surface area contributed by atoms with Crippen LogP contribution in [0.15, 0.2) is 78.9 Å². The Kier molecular flexibility index (Phi) is 6.22. The molecule has 6 nitrogen and oxygen atoms in total. The first-order chi connectivity index (χ1) is 19.2. The number of nitrogens with one attached hydrogen (secondary N) is 3. The van der Waals surface area contributed by atoms with Crippen LogP contribution in [-0.4, -0.2) is 26.1 Å². The van der Waals surface area contributed by atoms with E-state index in [1.807, 2.05) is 57.2 Å². The molecular weight excluding hydrogens is 501 g/mol. The quantitative estimate of drug-likeness (QED) is 0.210. The van der Waals surface area contributed by atoms with Crippen LogP contribution in [0.2, 0.25) is 0 Å². The summed E-state index contributed by atoms with van der Waals surface area (Å²) in [7, 11) is 0. The minimum absolute atomic E-state index is 0.0239. The van der Waals surface area contributed by atoms with Crippen molar-refractivity contribution in [3.05, 3.63) is 90.2 Å². The molecule has 0 atom stereocenters. The number of aromatic nitrogens is 4. The average molecular weight is 532 g/mol. The van der Waals surface area contributed by atoms with E-state index in [0.717, 1.165) is 61.9 Å². The van der Waals surface area contributed by atoms with Crippen molar-refractivity contribution < 1.29 is 9.18 Å². The van der Waals surface area contributed by atoms with E-state index in [0.29, 0.717) is 11.5 Å². The summed E-state index contributed by atoms with van der Waals surface area (Å²) in [6, 6.07) is 24.7. The number of amides is 1. The van der Waals surface area contributed by atoms with Crippen molar-refractivity contribution in [3.8, 4) is 33.8 Å². The number of para-hydroxylation sites is 1. The monoisotopic (exact) mass is 531 g/mol. The summed E-state index contributed by atoms with van der Waals surface area (Å²) in [5.41, 5.74) is 8.55. The molecule has 0 spiro atoms. The van der Waals surface area contributed by atoms with Crippen LogP contribution >= 0.6 is 0 Å². The molecule has 3 N–H and O–H groups in total. The van der Waals surface area contributed by atoms with Gasteiger partial charge in [0.25, 0.3) is 0 Å². The number of nitrogens with zero attached hydrogens (tertiary/aromatic N) is 2. The summed E-state index contributed by atoms with van der Waals surface area (Å²) in [4.78, 5) is 21.0. The highest BCUT2D eigenvalue weighted by molar-refractivity contribution is 5.99. The highest BCUT2D eigenvalue weighted by atomic mass is 19.1. The summed E-state index contributed by atoms with van der Waals surface area (Å²) < 4.78 is 13.5. The number of anilines is 1. The Morgan fingerprint density at radius 1 is 0.900 bits per heavy atom. The van der Waals surface area contributed by atoms with Gasteiger partial charge in [-0.15, -0.1) is 0 Å². The van der Waals surface area contributed by atoms with Gasteiger partial charge in [0.05, 0.1) is 16.6 Å². The second-order valence-corrected chi connectivity index (χ2v) is 11.1. The number of benzene rings is 4. The normalized spacial score (nSPS) is 11.8. The molecule has 7 heteroatoms.